The van der Waals surface area contributed by atoms with Gasteiger partial charge in [0.25, 0.3) is 0 Å². The Kier molecular flexibility index (Phi) is 9.20. The number of carbonyl (C=O) groups is 2. The highest BCUT2D eigenvalue weighted by molar-refractivity contribution is 5.90. The Bertz CT molecular complexity index is 1520. The quantitative estimate of drug-likeness (QED) is 0.173. The van der Waals surface area contributed by atoms with Gasteiger partial charge >= 0.3 is 6.03 Å². The van der Waals surface area contributed by atoms with Crippen LogP contribution < -0.4 is 10.6 Å². The Hall–Kier alpha value is -4.92. The van der Waals surface area contributed by atoms with Crippen molar-refractivity contribution in [1.82, 2.24) is 30.0 Å². The van der Waals surface area contributed by atoms with Crippen LogP contribution in [0.5, 0.6) is 0 Å². The molecule has 3 amide bonds. The number of benzene rings is 2. The fourth-order valence-electron chi connectivity index (χ4n) is 5.65. The van der Waals surface area contributed by atoms with E-state index >= 15 is 0 Å². The molecule has 0 saturated carbocycles. The second kappa shape index (κ2) is 13.4. The number of rotatable bonds is 6. The van der Waals surface area contributed by atoms with Gasteiger partial charge < -0.3 is 25.0 Å². The van der Waals surface area contributed by atoms with Gasteiger partial charge in [-0.2, -0.15) is 5.26 Å². The number of amides is 3. The van der Waals surface area contributed by atoms with E-state index in [4.69, 9.17) is 4.99 Å². The standard InChI is InChI=1S/C31H36FN9O2/c1-21(2)28-18-40(31(43)37-24-7-4-6-23(32)15-24)13-14-41(28)30(35-19-33)38-27-8-3-5-22-17-39(12-11-26(22)27)29(42)10-9-25-16-34-20-36-25/h3-8,15-16,20-21,28H,9-14,17-18H2,1-2H3,(H,34,36)(H,35,38)(H,37,43). The Labute approximate surface area is 250 Å². The lowest BCUT2D eigenvalue weighted by Crippen LogP contribution is -2.60. The van der Waals surface area contributed by atoms with E-state index in [0.717, 1.165) is 22.5 Å². The predicted octanol–water partition coefficient (Wildman–Crippen LogP) is 4.00. The summed E-state index contributed by atoms with van der Waals surface area (Å²) in [7, 11) is 0. The molecule has 3 heterocycles. The molecule has 1 saturated heterocycles. The number of H-pyrrole nitrogens is 1. The molecule has 224 valence electrons. The lowest BCUT2D eigenvalue weighted by atomic mass is 9.97. The number of hydrogen-bond donors (Lipinski definition) is 3. The number of guanidine groups is 1. The molecule has 11 nitrogen and oxygen atoms in total. The normalized spacial score (nSPS) is 17.0. The van der Waals surface area contributed by atoms with Crippen LogP contribution in [0.4, 0.5) is 20.6 Å². The van der Waals surface area contributed by atoms with E-state index in [1.807, 2.05) is 34.2 Å². The first-order chi connectivity index (χ1) is 20.8. The van der Waals surface area contributed by atoms with Crippen LogP contribution in [-0.4, -0.2) is 74.8 Å². The number of aromatic nitrogens is 2. The van der Waals surface area contributed by atoms with Gasteiger partial charge in [0.2, 0.25) is 11.9 Å². The molecular formula is C31H36FN9O2. The number of carbonyl (C=O) groups excluding carboxylic acids is 2. The van der Waals surface area contributed by atoms with Gasteiger partial charge in [-0.05, 0) is 54.2 Å². The summed E-state index contributed by atoms with van der Waals surface area (Å²) in [6.07, 6.45) is 7.07. The van der Waals surface area contributed by atoms with Crippen LogP contribution in [0.1, 0.15) is 37.1 Å². The molecule has 0 radical (unpaired) electrons. The van der Waals surface area contributed by atoms with Gasteiger partial charge in [0.05, 0.1) is 18.1 Å². The van der Waals surface area contributed by atoms with Crippen molar-refractivity contribution < 1.29 is 14.0 Å². The van der Waals surface area contributed by atoms with Crippen molar-refractivity contribution in [2.24, 2.45) is 10.9 Å². The lowest BCUT2D eigenvalue weighted by molar-refractivity contribution is -0.132. The van der Waals surface area contributed by atoms with E-state index in [-0.39, 0.29) is 23.9 Å². The minimum Gasteiger partial charge on any atom is -0.348 e. The number of hydrogen-bond acceptors (Lipinski definition) is 5. The molecule has 3 N–H and O–H groups in total. The van der Waals surface area contributed by atoms with Crippen molar-refractivity contribution in [3.8, 4) is 6.19 Å². The number of halogens is 1. The van der Waals surface area contributed by atoms with Crippen molar-refractivity contribution >= 4 is 29.3 Å². The molecule has 5 rings (SSSR count). The van der Waals surface area contributed by atoms with Crippen LogP contribution in [0.15, 0.2) is 60.0 Å². The number of urea groups is 1. The van der Waals surface area contributed by atoms with Crippen LogP contribution in [0.3, 0.4) is 0 Å². The minimum atomic E-state index is -0.418. The average Bonchev–Trinajstić information content (AvgIpc) is 3.53. The van der Waals surface area contributed by atoms with E-state index in [1.54, 1.807) is 29.6 Å². The number of fused-ring (bicyclic) bond motifs is 1. The fourth-order valence-corrected chi connectivity index (χ4v) is 5.65. The van der Waals surface area contributed by atoms with Crippen LogP contribution in [-0.2, 0) is 24.2 Å². The molecule has 1 unspecified atom stereocenters. The molecule has 1 aromatic heterocycles. The van der Waals surface area contributed by atoms with Crippen molar-refractivity contribution in [3.05, 3.63) is 77.6 Å². The van der Waals surface area contributed by atoms with E-state index in [9.17, 15) is 19.2 Å². The molecule has 2 aliphatic heterocycles. The first-order valence-corrected chi connectivity index (χ1v) is 14.5. The molecule has 0 bridgehead atoms. The summed E-state index contributed by atoms with van der Waals surface area (Å²) in [5.74, 6) is 0.248. The van der Waals surface area contributed by atoms with Gasteiger partial charge in [-0.15, -0.1) is 0 Å². The summed E-state index contributed by atoms with van der Waals surface area (Å²) in [5.41, 5.74) is 4.19. The Morgan fingerprint density at radius 1 is 1.19 bits per heavy atom. The zero-order valence-electron chi connectivity index (χ0n) is 24.4. The molecule has 12 heteroatoms. The number of aromatic amines is 1. The van der Waals surface area contributed by atoms with Crippen molar-refractivity contribution in [2.75, 3.05) is 31.5 Å². The van der Waals surface area contributed by atoms with Crippen LogP contribution in [0, 0.1) is 23.2 Å². The molecule has 2 aliphatic rings. The Morgan fingerprint density at radius 2 is 2.02 bits per heavy atom. The van der Waals surface area contributed by atoms with E-state index in [0.29, 0.717) is 63.6 Å². The number of aryl methyl sites for hydroxylation is 1. The zero-order valence-corrected chi connectivity index (χ0v) is 24.4. The first kappa shape index (κ1) is 29.6. The summed E-state index contributed by atoms with van der Waals surface area (Å²) in [4.78, 5) is 43.6. The summed E-state index contributed by atoms with van der Waals surface area (Å²) in [5, 5.41) is 15.2. The second-order valence-electron chi connectivity index (χ2n) is 11.1. The highest BCUT2D eigenvalue weighted by Gasteiger charge is 2.34. The fraction of sp³-hybridized carbons (Fsp3) is 0.387. The third-order valence-electron chi connectivity index (χ3n) is 7.97. The highest BCUT2D eigenvalue weighted by Crippen LogP contribution is 2.30. The topological polar surface area (TPSA) is 133 Å². The molecule has 43 heavy (non-hydrogen) atoms. The summed E-state index contributed by atoms with van der Waals surface area (Å²) >= 11 is 0. The van der Waals surface area contributed by atoms with Crippen LogP contribution >= 0.6 is 0 Å². The number of nitrogens with one attached hydrogen (secondary N) is 3. The predicted molar refractivity (Wildman–Crippen MR) is 161 cm³/mol. The molecule has 3 aromatic rings. The number of imidazole rings is 1. The largest absolute Gasteiger partial charge is 0.348 e. The second-order valence-corrected chi connectivity index (χ2v) is 11.1. The van der Waals surface area contributed by atoms with Gasteiger partial charge in [-0.1, -0.05) is 32.0 Å². The number of aliphatic imine (C=N–C) groups is 1. The van der Waals surface area contributed by atoms with Gasteiger partial charge in [-0.25, -0.2) is 19.2 Å². The summed E-state index contributed by atoms with van der Waals surface area (Å²) in [6.45, 7) is 6.51. The van der Waals surface area contributed by atoms with Crippen molar-refractivity contribution in [3.63, 3.8) is 0 Å². The molecule has 1 fully saturated rings. The first-order valence-electron chi connectivity index (χ1n) is 14.5. The third-order valence-corrected chi connectivity index (χ3v) is 7.97. The molecule has 2 aromatic carbocycles. The third kappa shape index (κ3) is 7.12. The maximum absolute atomic E-state index is 13.6. The van der Waals surface area contributed by atoms with Gasteiger partial charge in [0.15, 0.2) is 6.19 Å². The Morgan fingerprint density at radius 3 is 2.77 bits per heavy atom. The van der Waals surface area contributed by atoms with Crippen molar-refractivity contribution in [2.45, 2.75) is 45.7 Å². The van der Waals surface area contributed by atoms with E-state index < -0.39 is 5.82 Å². The molecule has 1 atom stereocenters. The number of anilines is 1. The SMILES string of the molecule is CC(C)C1CN(C(=O)Nc2cccc(F)c2)CCN1C(=Nc1cccc2c1CCN(C(=O)CCc1cnc[nH]1)C2)NC#N. The van der Waals surface area contributed by atoms with Gasteiger partial charge in [-0.3, -0.25) is 10.1 Å². The number of nitriles is 1. The van der Waals surface area contributed by atoms with E-state index in [1.165, 1.54) is 12.1 Å². The molecule has 0 spiro atoms. The van der Waals surface area contributed by atoms with Crippen LogP contribution in [0.2, 0.25) is 0 Å². The molecule has 0 aliphatic carbocycles. The zero-order chi connectivity index (χ0) is 30.3. The highest BCUT2D eigenvalue weighted by atomic mass is 19.1. The lowest BCUT2D eigenvalue weighted by Gasteiger charge is -2.44. The molecular weight excluding hydrogens is 549 g/mol. The number of nitrogens with zero attached hydrogens (tertiary/aromatic N) is 6. The maximum atomic E-state index is 13.6. The summed E-state index contributed by atoms with van der Waals surface area (Å²) in [6, 6.07) is 11.3. The van der Waals surface area contributed by atoms with Gasteiger partial charge in [0.1, 0.15) is 5.82 Å². The average molecular weight is 586 g/mol. The van der Waals surface area contributed by atoms with Crippen LogP contribution in [0.25, 0.3) is 0 Å². The minimum absolute atomic E-state index is 0.0973. The number of piperazine rings is 1. The van der Waals surface area contributed by atoms with E-state index in [2.05, 4.69) is 34.4 Å². The Balaban J connectivity index is 1.30. The summed E-state index contributed by atoms with van der Waals surface area (Å²) < 4.78 is 13.6. The monoisotopic (exact) mass is 585 g/mol. The maximum Gasteiger partial charge on any atom is 0.321 e. The smallest absolute Gasteiger partial charge is 0.321 e. The van der Waals surface area contributed by atoms with Crippen molar-refractivity contribution in [1.29, 1.82) is 5.26 Å². The van der Waals surface area contributed by atoms with Gasteiger partial charge in [0, 0.05) is 56.7 Å².